The van der Waals surface area contributed by atoms with E-state index in [1.54, 1.807) is 0 Å². The first-order valence-electron chi connectivity index (χ1n) is 4.04. The van der Waals surface area contributed by atoms with E-state index in [9.17, 15) is 0 Å². The SMILES string of the molecule is CC(=NOC(C)(C)C)c1cs[c]n1. The van der Waals surface area contributed by atoms with Crippen LogP contribution in [0.25, 0.3) is 0 Å². The van der Waals surface area contributed by atoms with Gasteiger partial charge in [0.2, 0.25) is 0 Å². The average molecular weight is 197 g/mol. The molecule has 4 heteroatoms. The third-order valence-corrected chi connectivity index (χ3v) is 1.75. The second-order valence-corrected chi connectivity index (χ2v) is 4.36. The highest BCUT2D eigenvalue weighted by Gasteiger charge is 2.10. The van der Waals surface area contributed by atoms with Crippen molar-refractivity contribution in [2.75, 3.05) is 0 Å². The summed E-state index contributed by atoms with van der Waals surface area (Å²) in [5.41, 5.74) is 4.13. The van der Waals surface area contributed by atoms with Gasteiger partial charge < -0.3 is 4.84 Å². The van der Waals surface area contributed by atoms with E-state index in [0.29, 0.717) is 0 Å². The molecule has 1 aromatic heterocycles. The van der Waals surface area contributed by atoms with Gasteiger partial charge in [-0.25, -0.2) is 4.98 Å². The summed E-state index contributed by atoms with van der Waals surface area (Å²) in [6.07, 6.45) is 0. The number of rotatable bonds is 2. The van der Waals surface area contributed by atoms with Crippen LogP contribution in [-0.2, 0) is 4.84 Å². The molecule has 1 aromatic rings. The molecule has 1 heterocycles. The van der Waals surface area contributed by atoms with Gasteiger partial charge in [-0.15, -0.1) is 11.3 Å². The Kier molecular flexibility index (Phi) is 3.03. The van der Waals surface area contributed by atoms with Crippen LogP contribution in [0.2, 0.25) is 0 Å². The van der Waals surface area contributed by atoms with Crippen molar-refractivity contribution in [1.29, 1.82) is 0 Å². The van der Waals surface area contributed by atoms with Gasteiger partial charge in [0.25, 0.3) is 0 Å². The fourth-order valence-electron chi connectivity index (χ4n) is 0.602. The molecule has 0 aromatic carbocycles. The Hall–Kier alpha value is -0.900. The second-order valence-electron chi connectivity index (χ2n) is 3.70. The molecule has 1 radical (unpaired) electrons. The number of thiazole rings is 1. The molecule has 0 atom stereocenters. The average Bonchev–Trinajstić information content (AvgIpc) is 2.50. The van der Waals surface area contributed by atoms with Crippen molar-refractivity contribution < 1.29 is 4.84 Å². The molecule has 0 amide bonds. The Morgan fingerprint density at radius 3 is 2.77 bits per heavy atom. The van der Waals surface area contributed by atoms with Crippen LogP contribution in [0.4, 0.5) is 0 Å². The van der Waals surface area contributed by atoms with E-state index in [-0.39, 0.29) is 5.60 Å². The molecular weight excluding hydrogens is 184 g/mol. The lowest BCUT2D eigenvalue weighted by molar-refractivity contribution is 0.000925. The highest BCUT2D eigenvalue weighted by molar-refractivity contribution is 7.07. The third kappa shape index (κ3) is 3.55. The summed E-state index contributed by atoms with van der Waals surface area (Å²) < 4.78 is 0. The number of aromatic nitrogens is 1. The van der Waals surface area contributed by atoms with Gasteiger partial charge in [0, 0.05) is 5.38 Å². The molecule has 0 saturated carbocycles. The molecule has 0 spiro atoms. The van der Waals surface area contributed by atoms with Gasteiger partial charge in [0.05, 0.1) is 5.69 Å². The van der Waals surface area contributed by atoms with Gasteiger partial charge >= 0.3 is 0 Å². The first-order valence-corrected chi connectivity index (χ1v) is 4.92. The van der Waals surface area contributed by atoms with Crippen LogP contribution in [0.5, 0.6) is 0 Å². The number of oxime groups is 1. The molecule has 0 aliphatic rings. The third-order valence-electron chi connectivity index (χ3n) is 1.22. The van der Waals surface area contributed by atoms with Crippen molar-refractivity contribution in [3.63, 3.8) is 0 Å². The van der Waals surface area contributed by atoms with Crippen molar-refractivity contribution in [1.82, 2.24) is 4.98 Å². The minimum absolute atomic E-state index is 0.249. The van der Waals surface area contributed by atoms with Crippen LogP contribution in [0.1, 0.15) is 33.4 Å². The fourth-order valence-corrected chi connectivity index (χ4v) is 1.14. The summed E-state index contributed by atoms with van der Waals surface area (Å²) in [7, 11) is 0. The Labute approximate surface area is 82.4 Å². The molecular formula is C9H13N2OS. The maximum atomic E-state index is 5.25. The van der Waals surface area contributed by atoms with E-state index >= 15 is 0 Å². The van der Waals surface area contributed by atoms with Gasteiger partial charge in [-0.05, 0) is 27.7 Å². The van der Waals surface area contributed by atoms with Crippen LogP contribution in [0.3, 0.4) is 0 Å². The Morgan fingerprint density at radius 2 is 2.31 bits per heavy atom. The van der Waals surface area contributed by atoms with E-state index in [4.69, 9.17) is 4.84 Å². The monoisotopic (exact) mass is 197 g/mol. The molecule has 0 aliphatic carbocycles. The smallest absolute Gasteiger partial charge is 0.152 e. The van der Waals surface area contributed by atoms with E-state index in [1.165, 1.54) is 11.3 Å². The lowest BCUT2D eigenvalue weighted by Crippen LogP contribution is -2.16. The summed E-state index contributed by atoms with van der Waals surface area (Å²) in [6, 6.07) is 0. The van der Waals surface area contributed by atoms with Crippen molar-refractivity contribution in [3.05, 3.63) is 16.6 Å². The minimum atomic E-state index is -0.249. The normalized spacial score (nSPS) is 13.1. The molecule has 0 saturated heterocycles. The van der Waals surface area contributed by atoms with E-state index in [2.05, 4.69) is 15.7 Å². The first kappa shape index (κ1) is 10.2. The summed E-state index contributed by atoms with van der Waals surface area (Å²) in [5.74, 6) is 0. The maximum Gasteiger partial charge on any atom is 0.152 e. The maximum absolute atomic E-state index is 5.25. The molecule has 0 N–H and O–H groups in total. The van der Waals surface area contributed by atoms with E-state index < -0.39 is 0 Å². The standard InChI is InChI=1S/C9H13N2OS/c1-7(8-5-13-6-10-8)11-12-9(2,3)4/h5H,1-4H3. The van der Waals surface area contributed by atoms with Gasteiger partial charge in [-0.1, -0.05) is 5.16 Å². The summed E-state index contributed by atoms with van der Waals surface area (Å²) in [4.78, 5) is 9.25. The van der Waals surface area contributed by atoms with Crippen LogP contribution < -0.4 is 0 Å². The highest BCUT2D eigenvalue weighted by atomic mass is 32.1. The zero-order valence-corrected chi connectivity index (χ0v) is 9.10. The first-order chi connectivity index (χ1) is 5.99. The van der Waals surface area contributed by atoms with Crippen molar-refractivity contribution in [2.45, 2.75) is 33.3 Å². The molecule has 0 bridgehead atoms. The van der Waals surface area contributed by atoms with Crippen LogP contribution >= 0.6 is 11.3 Å². The number of nitrogens with zero attached hydrogens (tertiary/aromatic N) is 2. The van der Waals surface area contributed by atoms with Gasteiger partial charge in [-0.3, -0.25) is 0 Å². The largest absolute Gasteiger partial charge is 0.390 e. The van der Waals surface area contributed by atoms with Gasteiger partial charge in [-0.2, -0.15) is 0 Å². The summed E-state index contributed by atoms with van der Waals surface area (Å²) in [6.45, 7) is 7.74. The second kappa shape index (κ2) is 3.87. The highest BCUT2D eigenvalue weighted by Crippen LogP contribution is 2.09. The van der Waals surface area contributed by atoms with Crippen LogP contribution in [0.15, 0.2) is 10.5 Å². The number of hydrogen-bond donors (Lipinski definition) is 0. The topological polar surface area (TPSA) is 34.5 Å². The zero-order chi connectivity index (χ0) is 9.90. The zero-order valence-electron chi connectivity index (χ0n) is 8.29. The lowest BCUT2D eigenvalue weighted by Gasteiger charge is -2.15. The molecule has 3 nitrogen and oxygen atoms in total. The van der Waals surface area contributed by atoms with Gasteiger partial charge in [0.1, 0.15) is 11.3 Å². The van der Waals surface area contributed by atoms with Crippen molar-refractivity contribution in [3.8, 4) is 0 Å². The number of hydrogen-bond acceptors (Lipinski definition) is 4. The molecule has 71 valence electrons. The molecule has 0 fully saturated rings. The Bertz CT molecular complexity index is 285. The quantitative estimate of drug-likeness (QED) is 0.539. The molecule has 0 aliphatic heterocycles. The lowest BCUT2D eigenvalue weighted by atomic mass is 10.2. The van der Waals surface area contributed by atoms with Crippen LogP contribution in [0, 0.1) is 5.51 Å². The minimum Gasteiger partial charge on any atom is -0.390 e. The molecule has 1 rings (SSSR count). The van der Waals surface area contributed by atoms with E-state index in [1.807, 2.05) is 33.1 Å². The summed E-state index contributed by atoms with van der Waals surface area (Å²) >= 11 is 1.43. The predicted octanol–water partition coefficient (Wildman–Crippen LogP) is 2.48. The van der Waals surface area contributed by atoms with Crippen molar-refractivity contribution >= 4 is 17.0 Å². The molecule has 13 heavy (non-hydrogen) atoms. The fraction of sp³-hybridized carbons (Fsp3) is 0.556. The Morgan fingerprint density at radius 1 is 1.62 bits per heavy atom. The predicted molar refractivity (Wildman–Crippen MR) is 54.0 cm³/mol. The Balaban J connectivity index is 2.63. The summed E-state index contributed by atoms with van der Waals surface area (Å²) in [5, 5.41) is 5.87. The van der Waals surface area contributed by atoms with Crippen molar-refractivity contribution in [2.24, 2.45) is 5.16 Å². The van der Waals surface area contributed by atoms with E-state index in [0.717, 1.165) is 11.4 Å². The molecule has 0 unspecified atom stereocenters. The van der Waals surface area contributed by atoms with Crippen LogP contribution in [-0.4, -0.2) is 16.3 Å². The van der Waals surface area contributed by atoms with Gasteiger partial charge in [0.15, 0.2) is 5.51 Å².